The normalized spacial score (nSPS) is 9.94. The molecule has 0 aliphatic rings. The zero-order valence-electron chi connectivity index (χ0n) is 9.64. The summed E-state index contributed by atoms with van der Waals surface area (Å²) in [5.74, 6) is 0.349. The number of methoxy groups -OCH3 is 2. The van der Waals surface area contributed by atoms with Crippen molar-refractivity contribution in [3.05, 3.63) is 18.1 Å². The summed E-state index contributed by atoms with van der Waals surface area (Å²) in [7, 11) is 4.71. The summed E-state index contributed by atoms with van der Waals surface area (Å²) < 4.78 is 9.54. The minimum absolute atomic E-state index is 0.153. The van der Waals surface area contributed by atoms with Crippen LogP contribution in [0.3, 0.4) is 0 Å². The van der Waals surface area contributed by atoms with Crippen molar-refractivity contribution in [3.8, 4) is 0 Å². The van der Waals surface area contributed by atoms with Crippen LogP contribution >= 0.6 is 0 Å². The number of nitrogens with zero attached hydrogens (tertiary/aromatic N) is 3. The van der Waals surface area contributed by atoms with E-state index in [1.165, 1.54) is 13.4 Å². The van der Waals surface area contributed by atoms with E-state index in [4.69, 9.17) is 4.74 Å². The molecule has 1 heterocycles. The quantitative estimate of drug-likeness (QED) is 0.668. The second kappa shape index (κ2) is 6.02. The summed E-state index contributed by atoms with van der Waals surface area (Å²) in [6.07, 6.45) is 1.44. The number of carbonyl (C=O) groups excluding carboxylic acids is 1. The van der Waals surface area contributed by atoms with Crippen LogP contribution in [0.15, 0.2) is 12.4 Å². The van der Waals surface area contributed by atoms with Crippen LogP contribution in [0.25, 0.3) is 0 Å². The van der Waals surface area contributed by atoms with E-state index < -0.39 is 0 Å². The summed E-state index contributed by atoms with van der Waals surface area (Å²) in [4.78, 5) is 20.9. The maximum atomic E-state index is 11.1. The number of anilines is 1. The molecule has 0 atom stereocenters. The molecule has 0 fully saturated rings. The van der Waals surface area contributed by atoms with Gasteiger partial charge in [0, 0.05) is 20.2 Å². The van der Waals surface area contributed by atoms with E-state index >= 15 is 0 Å². The van der Waals surface area contributed by atoms with Crippen LogP contribution in [-0.4, -0.2) is 43.7 Å². The SMILES string of the molecule is COCc1cc(N(C)CC(=O)OC)ncn1. The van der Waals surface area contributed by atoms with Gasteiger partial charge in [0.1, 0.15) is 18.7 Å². The smallest absolute Gasteiger partial charge is 0.325 e. The van der Waals surface area contributed by atoms with Gasteiger partial charge in [-0.1, -0.05) is 0 Å². The zero-order valence-corrected chi connectivity index (χ0v) is 9.64. The van der Waals surface area contributed by atoms with Crippen LogP contribution in [0.2, 0.25) is 0 Å². The Bertz CT molecular complexity index is 357. The van der Waals surface area contributed by atoms with Crippen LogP contribution in [0.1, 0.15) is 5.69 Å². The van der Waals surface area contributed by atoms with E-state index in [1.807, 2.05) is 0 Å². The van der Waals surface area contributed by atoms with Gasteiger partial charge in [0.05, 0.1) is 19.4 Å². The summed E-state index contributed by atoms with van der Waals surface area (Å²) in [5, 5.41) is 0. The first-order valence-corrected chi connectivity index (χ1v) is 4.75. The summed E-state index contributed by atoms with van der Waals surface area (Å²) in [6.45, 7) is 0.571. The van der Waals surface area contributed by atoms with Gasteiger partial charge >= 0.3 is 5.97 Å². The summed E-state index contributed by atoms with van der Waals surface area (Å²) >= 11 is 0. The molecule has 0 aromatic carbocycles. The summed E-state index contributed by atoms with van der Waals surface area (Å²) in [6, 6.07) is 1.77. The molecule has 1 aromatic heterocycles. The van der Waals surface area contributed by atoms with Crippen molar-refractivity contribution < 1.29 is 14.3 Å². The highest BCUT2D eigenvalue weighted by molar-refractivity contribution is 5.74. The molecule has 6 nitrogen and oxygen atoms in total. The second-order valence-electron chi connectivity index (χ2n) is 3.23. The molecule has 16 heavy (non-hydrogen) atoms. The van der Waals surface area contributed by atoms with Crippen molar-refractivity contribution in [3.63, 3.8) is 0 Å². The lowest BCUT2D eigenvalue weighted by Gasteiger charge is -2.16. The lowest BCUT2D eigenvalue weighted by molar-refractivity contribution is -0.138. The monoisotopic (exact) mass is 225 g/mol. The van der Waals surface area contributed by atoms with Gasteiger partial charge < -0.3 is 14.4 Å². The van der Waals surface area contributed by atoms with E-state index in [1.54, 1.807) is 25.1 Å². The van der Waals surface area contributed by atoms with E-state index in [9.17, 15) is 4.79 Å². The van der Waals surface area contributed by atoms with Gasteiger partial charge in [-0.15, -0.1) is 0 Å². The van der Waals surface area contributed by atoms with Crippen molar-refractivity contribution in [1.29, 1.82) is 0 Å². The average Bonchev–Trinajstić information content (AvgIpc) is 2.29. The number of aromatic nitrogens is 2. The second-order valence-corrected chi connectivity index (χ2v) is 3.23. The first-order valence-electron chi connectivity index (χ1n) is 4.75. The maximum absolute atomic E-state index is 11.1. The highest BCUT2D eigenvalue weighted by atomic mass is 16.5. The van der Waals surface area contributed by atoms with Crippen molar-refractivity contribution in [2.24, 2.45) is 0 Å². The Morgan fingerprint density at radius 2 is 2.19 bits per heavy atom. The first-order chi connectivity index (χ1) is 7.67. The third-order valence-corrected chi connectivity index (χ3v) is 1.99. The Hall–Kier alpha value is -1.69. The maximum Gasteiger partial charge on any atom is 0.325 e. The van der Waals surface area contributed by atoms with E-state index in [-0.39, 0.29) is 12.5 Å². The average molecular weight is 225 g/mol. The molecule has 0 unspecified atom stereocenters. The Kier molecular flexibility index (Phi) is 4.65. The van der Waals surface area contributed by atoms with Crippen LogP contribution in [0.4, 0.5) is 5.82 Å². The lowest BCUT2D eigenvalue weighted by atomic mass is 10.4. The number of likely N-dealkylation sites (N-methyl/N-ethyl adjacent to an activating group) is 1. The third-order valence-electron chi connectivity index (χ3n) is 1.99. The largest absolute Gasteiger partial charge is 0.468 e. The Morgan fingerprint density at radius 1 is 1.44 bits per heavy atom. The fraction of sp³-hybridized carbons (Fsp3) is 0.500. The van der Waals surface area contributed by atoms with Crippen LogP contribution < -0.4 is 4.90 Å². The van der Waals surface area contributed by atoms with Gasteiger partial charge in [0.25, 0.3) is 0 Å². The molecule has 0 bridgehead atoms. The molecule has 0 N–H and O–H groups in total. The molecule has 0 saturated heterocycles. The van der Waals surface area contributed by atoms with Crippen molar-refractivity contribution in [2.75, 3.05) is 32.7 Å². The molecule has 1 aromatic rings. The molecule has 0 radical (unpaired) electrons. The number of esters is 1. The number of hydrogen-bond donors (Lipinski definition) is 0. The molecular weight excluding hydrogens is 210 g/mol. The van der Waals surface area contributed by atoms with Crippen LogP contribution in [-0.2, 0) is 20.9 Å². The third kappa shape index (κ3) is 3.47. The molecule has 0 aliphatic heterocycles. The molecule has 6 heteroatoms. The number of rotatable bonds is 5. The minimum Gasteiger partial charge on any atom is -0.468 e. The number of ether oxygens (including phenoxy) is 2. The van der Waals surface area contributed by atoms with E-state index in [0.717, 1.165) is 5.69 Å². The summed E-state index contributed by atoms with van der Waals surface area (Å²) in [5.41, 5.74) is 0.768. The van der Waals surface area contributed by atoms with Crippen LogP contribution in [0.5, 0.6) is 0 Å². The highest BCUT2D eigenvalue weighted by Crippen LogP contribution is 2.09. The van der Waals surface area contributed by atoms with Gasteiger partial charge in [-0.05, 0) is 0 Å². The predicted octanol–water partition coefficient (Wildman–Crippen LogP) is 0.232. The van der Waals surface area contributed by atoms with Crippen molar-refractivity contribution >= 4 is 11.8 Å². The molecule has 88 valence electrons. The minimum atomic E-state index is -0.311. The highest BCUT2D eigenvalue weighted by Gasteiger charge is 2.09. The van der Waals surface area contributed by atoms with Gasteiger partial charge in [-0.3, -0.25) is 4.79 Å². The van der Waals surface area contributed by atoms with E-state index in [0.29, 0.717) is 12.4 Å². The molecule has 0 spiro atoms. The molecule has 0 aliphatic carbocycles. The molecular formula is C10H15N3O3. The predicted molar refractivity (Wildman–Crippen MR) is 58.0 cm³/mol. The zero-order chi connectivity index (χ0) is 12.0. The van der Waals surface area contributed by atoms with Gasteiger partial charge in [0.15, 0.2) is 0 Å². The fourth-order valence-corrected chi connectivity index (χ4v) is 1.16. The van der Waals surface area contributed by atoms with Crippen molar-refractivity contribution in [1.82, 2.24) is 9.97 Å². The van der Waals surface area contributed by atoms with Gasteiger partial charge in [-0.25, -0.2) is 9.97 Å². The molecule has 1 rings (SSSR count). The van der Waals surface area contributed by atoms with E-state index in [2.05, 4.69) is 14.7 Å². The first kappa shape index (κ1) is 12.4. The molecule has 0 saturated carbocycles. The standard InChI is InChI=1S/C10H15N3O3/c1-13(5-10(14)16-3)9-4-8(6-15-2)11-7-12-9/h4,7H,5-6H2,1-3H3. The number of carbonyl (C=O) groups is 1. The molecule has 0 amide bonds. The van der Waals surface area contributed by atoms with Crippen molar-refractivity contribution in [2.45, 2.75) is 6.61 Å². The fourth-order valence-electron chi connectivity index (χ4n) is 1.16. The topological polar surface area (TPSA) is 64.5 Å². The van der Waals surface area contributed by atoms with Crippen LogP contribution in [0, 0.1) is 0 Å². The lowest BCUT2D eigenvalue weighted by Crippen LogP contribution is -2.27. The Balaban J connectivity index is 2.71. The number of hydrogen-bond acceptors (Lipinski definition) is 6. The van der Waals surface area contributed by atoms with Gasteiger partial charge in [-0.2, -0.15) is 0 Å². The Morgan fingerprint density at radius 3 is 2.81 bits per heavy atom. The Labute approximate surface area is 94.2 Å². The van der Waals surface area contributed by atoms with Gasteiger partial charge in [0.2, 0.25) is 0 Å².